The van der Waals surface area contributed by atoms with Crippen molar-refractivity contribution in [2.45, 2.75) is 59.5 Å². The summed E-state index contributed by atoms with van der Waals surface area (Å²) in [5.41, 5.74) is 6.50. The maximum absolute atomic E-state index is 12.5. The van der Waals surface area contributed by atoms with Crippen molar-refractivity contribution < 1.29 is 13.5 Å². The zero-order valence-electron chi connectivity index (χ0n) is 11.8. The first-order valence-corrected chi connectivity index (χ1v) is 6.50. The fourth-order valence-corrected chi connectivity index (χ4v) is 1.44. The molecule has 0 aromatic carbocycles. The molecule has 0 aromatic heterocycles. The second-order valence-electron chi connectivity index (χ2n) is 3.67. The quantitative estimate of drug-likeness (QED) is 0.796. The average Bonchev–Trinajstić information content (AvgIpc) is 2.32. The number of hydrogen-bond acceptors (Lipinski definition) is 3. The van der Waals surface area contributed by atoms with Gasteiger partial charge in [0.05, 0.1) is 0 Å². The van der Waals surface area contributed by atoms with Gasteiger partial charge in [-0.05, 0) is 12.5 Å². The van der Waals surface area contributed by atoms with Crippen LogP contribution in [0.25, 0.3) is 0 Å². The lowest BCUT2D eigenvalue weighted by molar-refractivity contribution is -0.153. The molecule has 0 radical (unpaired) electrons. The minimum absolute atomic E-state index is 0.186. The third kappa shape index (κ3) is 5.38. The topological polar surface area (TPSA) is 33.3 Å². The van der Waals surface area contributed by atoms with E-state index < -0.39 is 5.92 Å². The minimum Gasteiger partial charge on any atom is -0.474 e. The van der Waals surface area contributed by atoms with Gasteiger partial charge >= 0.3 is 0 Å². The smallest absolute Gasteiger partial charge is 0.255 e. The predicted molar refractivity (Wildman–Crippen MR) is 69.9 cm³/mol. The fourth-order valence-electron chi connectivity index (χ4n) is 1.44. The lowest BCUT2D eigenvalue weighted by Gasteiger charge is -2.35. The molecule has 0 amide bonds. The van der Waals surface area contributed by atoms with E-state index >= 15 is 0 Å². The fraction of sp³-hybridized carbons (Fsp3) is 0.692. The van der Waals surface area contributed by atoms with E-state index in [0.717, 1.165) is 5.57 Å². The molecular weight excluding hydrogens is 238 g/mol. The maximum atomic E-state index is 12.5. The van der Waals surface area contributed by atoms with Crippen molar-refractivity contribution in [2.75, 3.05) is 0 Å². The molecular formula is C13H24F2N2O. The first kappa shape index (κ1) is 16.7. The average molecular weight is 262 g/mol. The van der Waals surface area contributed by atoms with Crippen LogP contribution in [0.5, 0.6) is 0 Å². The van der Waals surface area contributed by atoms with E-state index in [1.165, 1.54) is 0 Å². The number of allylic oxidation sites excluding steroid dienone is 2. The van der Waals surface area contributed by atoms with Crippen molar-refractivity contribution in [1.29, 1.82) is 0 Å². The zero-order valence-corrected chi connectivity index (χ0v) is 11.8. The summed E-state index contributed by atoms with van der Waals surface area (Å²) in [6, 6.07) is 0. The van der Waals surface area contributed by atoms with Gasteiger partial charge in [0.15, 0.2) is 0 Å². The van der Waals surface area contributed by atoms with Crippen molar-refractivity contribution in [3.8, 4) is 0 Å². The summed E-state index contributed by atoms with van der Waals surface area (Å²) >= 11 is 0. The Labute approximate surface area is 108 Å². The van der Waals surface area contributed by atoms with Gasteiger partial charge in [-0.1, -0.05) is 27.7 Å². The molecule has 0 aromatic rings. The van der Waals surface area contributed by atoms with E-state index in [1.807, 2.05) is 34.6 Å². The van der Waals surface area contributed by atoms with Gasteiger partial charge in [0.25, 0.3) is 5.92 Å². The van der Waals surface area contributed by atoms with Gasteiger partial charge in [-0.3, -0.25) is 5.43 Å². The summed E-state index contributed by atoms with van der Waals surface area (Å²) < 4.78 is 30.2. The molecule has 0 saturated heterocycles. The number of hydrogen-bond donors (Lipinski definition) is 2. The normalized spacial score (nSPS) is 20.2. The molecule has 0 atom stereocenters. The van der Waals surface area contributed by atoms with E-state index in [4.69, 9.17) is 4.74 Å². The number of hydrazine groups is 1. The second-order valence-corrected chi connectivity index (χ2v) is 3.67. The first-order chi connectivity index (χ1) is 8.55. The van der Waals surface area contributed by atoms with Crippen LogP contribution in [-0.4, -0.2) is 12.0 Å². The Kier molecular flexibility index (Phi) is 7.39. The van der Waals surface area contributed by atoms with E-state index in [-0.39, 0.29) is 18.9 Å². The standard InChI is InChI=1S/C9H12F2N2O.2C2H6/c1-6-2-8(13-12-5-6)14-7-3-9(10,11)4-7;2*1-2/h2,5,7,12-13H,3-4H2,1H3;2*1-2H3. The predicted octanol–water partition coefficient (Wildman–Crippen LogP) is 3.71. The SMILES string of the molecule is CC.CC.CC1=CNNC(OC2CC(F)(F)C2)=C1. The molecule has 106 valence electrons. The Hall–Kier alpha value is -1.26. The highest BCUT2D eigenvalue weighted by Crippen LogP contribution is 2.40. The van der Waals surface area contributed by atoms with Gasteiger partial charge in [-0.2, -0.15) is 0 Å². The number of nitrogens with one attached hydrogen (secondary N) is 2. The second kappa shape index (κ2) is 7.95. The summed E-state index contributed by atoms with van der Waals surface area (Å²) in [4.78, 5) is 0. The number of ether oxygens (including phenoxy) is 1. The van der Waals surface area contributed by atoms with Gasteiger partial charge in [0.1, 0.15) is 6.10 Å². The third-order valence-corrected chi connectivity index (χ3v) is 2.20. The highest BCUT2D eigenvalue weighted by atomic mass is 19.3. The monoisotopic (exact) mass is 262 g/mol. The van der Waals surface area contributed by atoms with Crippen LogP contribution in [0.3, 0.4) is 0 Å². The van der Waals surface area contributed by atoms with E-state index in [0.29, 0.717) is 5.88 Å². The van der Waals surface area contributed by atoms with Crippen LogP contribution in [0.1, 0.15) is 47.5 Å². The molecule has 1 saturated carbocycles. The molecule has 5 heteroatoms. The Morgan fingerprint density at radius 3 is 2.22 bits per heavy atom. The molecule has 2 N–H and O–H groups in total. The molecule has 3 nitrogen and oxygen atoms in total. The lowest BCUT2D eigenvalue weighted by atomic mass is 9.91. The van der Waals surface area contributed by atoms with Gasteiger partial charge < -0.3 is 10.2 Å². The molecule has 18 heavy (non-hydrogen) atoms. The van der Waals surface area contributed by atoms with Crippen LogP contribution in [0, 0.1) is 0 Å². The van der Waals surface area contributed by atoms with Crippen molar-refractivity contribution in [2.24, 2.45) is 0 Å². The summed E-state index contributed by atoms with van der Waals surface area (Å²) in [5.74, 6) is -2.02. The molecule has 1 fully saturated rings. The maximum Gasteiger partial charge on any atom is 0.255 e. The molecule has 1 aliphatic carbocycles. The largest absolute Gasteiger partial charge is 0.474 e. The van der Waals surface area contributed by atoms with E-state index in [2.05, 4.69) is 10.9 Å². The van der Waals surface area contributed by atoms with Gasteiger partial charge in [0, 0.05) is 25.1 Å². The van der Waals surface area contributed by atoms with Crippen LogP contribution in [0.4, 0.5) is 8.78 Å². The molecule has 0 spiro atoms. The minimum atomic E-state index is -2.53. The van der Waals surface area contributed by atoms with Crippen LogP contribution in [-0.2, 0) is 4.74 Å². The first-order valence-electron chi connectivity index (χ1n) is 6.50. The number of alkyl halides is 2. The summed E-state index contributed by atoms with van der Waals surface area (Å²) in [5, 5.41) is 0. The van der Waals surface area contributed by atoms with Gasteiger partial charge in [-0.15, -0.1) is 0 Å². The Bertz CT molecular complexity index is 293. The summed E-state index contributed by atoms with van der Waals surface area (Å²) in [7, 11) is 0. The highest BCUT2D eigenvalue weighted by Gasteiger charge is 2.47. The molecule has 1 heterocycles. The van der Waals surface area contributed by atoms with E-state index in [1.54, 1.807) is 12.3 Å². The van der Waals surface area contributed by atoms with Gasteiger partial charge in [-0.25, -0.2) is 8.78 Å². The number of rotatable bonds is 2. The Morgan fingerprint density at radius 1 is 1.22 bits per heavy atom. The Morgan fingerprint density at radius 2 is 1.78 bits per heavy atom. The van der Waals surface area contributed by atoms with Crippen molar-refractivity contribution >= 4 is 0 Å². The summed E-state index contributed by atoms with van der Waals surface area (Å²) in [6.45, 7) is 9.90. The van der Waals surface area contributed by atoms with Crippen LogP contribution >= 0.6 is 0 Å². The van der Waals surface area contributed by atoms with Gasteiger partial charge in [0.2, 0.25) is 5.88 Å². The van der Waals surface area contributed by atoms with Crippen LogP contribution < -0.4 is 10.9 Å². The molecule has 0 bridgehead atoms. The zero-order chi connectivity index (χ0) is 14.2. The van der Waals surface area contributed by atoms with Crippen molar-refractivity contribution in [3.05, 3.63) is 23.7 Å². The van der Waals surface area contributed by atoms with Crippen molar-refractivity contribution in [1.82, 2.24) is 10.9 Å². The molecule has 2 aliphatic rings. The van der Waals surface area contributed by atoms with Crippen molar-refractivity contribution in [3.63, 3.8) is 0 Å². The summed E-state index contributed by atoms with van der Waals surface area (Å²) in [6.07, 6.45) is 2.80. The molecule has 1 aliphatic heterocycles. The Balaban J connectivity index is 0.000000659. The molecule has 2 rings (SSSR count). The van der Waals surface area contributed by atoms with E-state index in [9.17, 15) is 8.78 Å². The lowest BCUT2D eigenvalue weighted by Crippen LogP contribution is -2.43. The number of halogens is 2. The molecule has 0 unspecified atom stereocenters. The highest BCUT2D eigenvalue weighted by molar-refractivity contribution is 5.20. The third-order valence-electron chi connectivity index (χ3n) is 2.20. The van der Waals surface area contributed by atoms with Crippen LogP contribution in [0.2, 0.25) is 0 Å². The van der Waals surface area contributed by atoms with Crippen LogP contribution in [0.15, 0.2) is 23.7 Å².